The molecule has 1 aliphatic rings. The summed E-state index contributed by atoms with van der Waals surface area (Å²) in [7, 11) is 2.03. The Morgan fingerprint density at radius 2 is 1.90 bits per heavy atom. The van der Waals surface area contributed by atoms with Gasteiger partial charge >= 0.3 is 5.63 Å². The van der Waals surface area contributed by atoms with Gasteiger partial charge in [0.25, 0.3) is 5.91 Å². The van der Waals surface area contributed by atoms with Gasteiger partial charge < -0.3 is 19.3 Å². The van der Waals surface area contributed by atoms with Crippen molar-refractivity contribution < 1.29 is 19.1 Å². The topological polar surface area (TPSA) is 91.1 Å². The molecule has 1 amide bonds. The number of rotatable bonds is 3. The predicted molar refractivity (Wildman–Crippen MR) is 116 cm³/mol. The predicted octanol–water partition coefficient (Wildman–Crippen LogP) is 3.04. The van der Waals surface area contributed by atoms with Gasteiger partial charge in [0.05, 0.1) is 16.0 Å². The molecule has 7 nitrogen and oxygen atoms in total. The first-order chi connectivity index (χ1) is 14.3. The Hall–Kier alpha value is -2.97. The van der Waals surface area contributed by atoms with Crippen LogP contribution in [0.1, 0.15) is 31.2 Å². The van der Waals surface area contributed by atoms with Crippen LogP contribution in [0.4, 0.5) is 0 Å². The standard InChI is InChI=1S/C22H22N2O5S/c1-12-10-14-13(2)18(22(28)29-20(14)15(11-25)19(12)26)16-4-5-17(30-16)21(27)24-8-6-23(3)7-9-24/h4-5,10-11,26H,6-9H2,1-3H3. The maximum absolute atomic E-state index is 12.8. The lowest BCUT2D eigenvalue weighted by atomic mass is 9.99. The van der Waals surface area contributed by atoms with Crippen LogP contribution in [0.5, 0.6) is 5.75 Å². The Morgan fingerprint density at radius 1 is 1.20 bits per heavy atom. The molecule has 1 N–H and O–H groups in total. The quantitative estimate of drug-likeness (QED) is 0.511. The van der Waals surface area contributed by atoms with Gasteiger partial charge in [-0.05, 0) is 50.2 Å². The highest BCUT2D eigenvalue weighted by molar-refractivity contribution is 7.17. The molecule has 0 unspecified atom stereocenters. The number of aldehydes is 1. The maximum atomic E-state index is 12.8. The van der Waals surface area contributed by atoms with E-state index < -0.39 is 5.63 Å². The molecule has 0 radical (unpaired) electrons. The van der Waals surface area contributed by atoms with Crippen molar-refractivity contribution in [3.05, 3.63) is 50.2 Å². The van der Waals surface area contributed by atoms with Crippen molar-refractivity contribution >= 4 is 34.5 Å². The molecule has 1 saturated heterocycles. The molecule has 2 aromatic heterocycles. The summed E-state index contributed by atoms with van der Waals surface area (Å²) in [5.74, 6) is -0.227. The second kappa shape index (κ2) is 7.70. The molecule has 30 heavy (non-hydrogen) atoms. The van der Waals surface area contributed by atoms with Crippen molar-refractivity contribution in [2.45, 2.75) is 13.8 Å². The highest BCUT2D eigenvalue weighted by Crippen LogP contribution is 2.36. The number of aryl methyl sites for hydroxylation is 2. The fourth-order valence-electron chi connectivity index (χ4n) is 3.78. The number of aromatic hydroxyl groups is 1. The number of carbonyl (C=O) groups excluding carboxylic acids is 2. The van der Waals surface area contributed by atoms with E-state index in [0.29, 0.717) is 51.2 Å². The smallest absolute Gasteiger partial charge is 0.345 e. The number of benzene rings is 1. The third kappa shape index (κ3) is 3.32. The number of nitrogens with zero attached hydrogens (tertiary/aromatic N) is 2. The van der Waals surface area contributed by atoms with E-state index in [2.05, 4.69) is 4.90 Å². The lowest BCUT2D eigenvalue weighted by molar-refractivity contribution is 0.0669. The number of likely N-dealkylation sites (N-methyl/N-ethyl adjacent to an activating group) is 1. The van der Waals surface area contributed by atoms with Crippen molar-refractivity contribution in [1.29, 1.82) is 0 Å². The minimum absolute atomic E-state index is 0.0335. The van der Waals surface area contributed by atoms with Gasteiger partial charge in [0, 0.05) is 36.4 Å². The van der Waals surface area contributed by atoms with Crippen LogP contribution in [0.25, 0.3) is 21.4 Å². The van der Waals surface area contributed by atoms with Crippen LogP contribution < -0.4 is 5.63 Å². The zero-order valence-electron chi connectivity index (χ0n) is 17.0. The summed E-state index contributed by atoms with van der Waals surface area (Å²) in [6, 6.07) is 5.19. The monoisotopic (exact) mass is 426 g/mol. The number of hydrogen-bond donors (Lipinski definition) is 1. The number of hydrogen-bond acceptors (Lipinski definition) is 7. The average Bonchev–Trinajstić information content (AvgIpc) is 3.20. The first-order valence-electron chi connectivity index (χ1n) is 9.65. The molecule has 0 atom stereocenters. The number of carbonyl (C=O) groups is 2. The summed E-state index contributed by atoms with van der Waals surface area (Å²) in [4.78, 5) is 42.3. The largest absolute Gasteiger partial charge is 0.507 e. The van der Waals surface area contributed by atoms with Gasteiger partial charge in [-0.1, -0.05) is 0 Å². The van der Waals surface area contributed by atoms with Crippen molar-refractivity contribution in [3.63, 3.8) is 0 Å². The van der Waals surface area contributed by atoms with Crippen LogP contribution in [-0.2, 0) is 0 Å². The molecule has 3 heterocycles. The van der Waals surface area contributed by atoms with Gasteiger partial charge in [0.1, 0.15) is 5.75 Å². The Morgan fingerprint density at radius 3 is 2.57 bits per heavy atom. The molecule has 8 heteroatoms. The number of thiophene rings is 1. The summed E-state index contributed by atoms with van der Waals surface area (Å²) >= 11 is 1.26. The van der Waals surface area contributed by atoms with Crippen molar-refractivity contribution in [2.24, 2.45) is 0 Å². The van der Waals surface area contributed by atoms with Crippen LogP contribution >= 0.6 is 11.3 Å². The maximum Gasteiger partial charge on any atom is 0.345 e. The van der Waals surface area contributed by atoms with Crippen LogP contribution in [0.2, 0.25) is 0 Å². The summed E-state index contributed by atoms with van der Waals surface area (Å²) in [5.41, 5.74) is 0.967. The van der Waals surface area contributed by atoms with Crippen LogP contribution in [0, 0.1) is 13.8 Å². The van der Waals surface area contributed by atoms with E-state index in [4.69, 9.17) is 4.42 Å². The second-order valence-electron chi connectivity index (χ2n) is 7.60. The van der Waals surface area contributed by atoms with Gasteiger partial charge in [0.2, 0.25) is 0 Å². The fraction of sp³-hybridized carbons (Fsp3) is 0.318. The first-order valence-corrected chi connectivity index (χ1v) is 10.5. The second-order valence-corrected chi connectivity index (χ2v) is 8.68. The molecular formula is C22H22N2O5S. The summed E-state index contributed by atoms with van der Waals surface area (Å²) in [6.07, 6.45) is 0.491. The van der Waals surface area contributed by atoms with E-state index >= 15 is 0 Å². The third-order valence-corrected chi connectivity index (χ3v) is 6.72. The molecule has 0 aliphatic carbocycles. The van der Waals surface area contributed by atoms with Crippen LogP contribution in [0.3, 0.4) is 0 Å². The van der Waals surface area contributed by atoms with Crippen molar-refractivity contribution in [2.75, 3.05) is 33.2 Å². The minimum atomic E-state index is -0.605. The summed E-state index contributed by atoms with van der Waals surface area (Å²) in [6.45, 7) is 6.49. The molecule has 4 rings (SSSR count). The van der Waals surface area contributed by atoms with E-state index in [1.54, 1.807) is 32.0 Å². The summed E-state index contributed by atoms with van der Waals surface area (Å²) in [5, 5.41) is 10.7. The first kappa shape index (κ1) is 20.3. The molecule has 1 aliphatic heterocycles. The highest BCUT2D eigenvalue weighted by atomic mass is 32.1. The number of fused-ring (bicyclic) bond motifs is 1. The number of phenols is 1. The zero-order chi connectivity index (χ0) is 21.6. The Kier molecular flexibility index (Phi) is 5.21. The highest BCUT2D eigenvalue weighted by Gasteiger charge is 2.24. The molecule has 1 fully saturated rings. The molecule has 3 aromatic rings. The molecule has 0 bridgehead atoms. The third-order valence-electron chi connectivity index (χ3n) is 5.63. The minimum Gasteiger partial charge on any atom is -0.507 e. The lowest BCUT2D eigenvalue weighted by Crippen LogP contribution is -2.46. The molecule has 0 saturated carbocycles. The number of phenolic OH excluding ortho intramolecular Hbond substituents is 1. The van der Waals surface area contributed by atoms with E-state index in [9.17, 15) is 19.5 Å². The van der Waals surface area contributed by atoms with Gasteiger partial charge in [-0.3, -0.25) is 9.59 Å². The van der Waals surface area contributed by atoms with Gasteiger partial charge in [-0.2, -0.15) is 0 Å². The molecule has 1 aromatic carbocycles. The van der Waals surface area contributed by atoms with Crippen molar-refractivity contribution in [3.8, 4) is 16.2 Å². The van der Waals surface area contributed by atoms with E-state index in [0.717, 1.165) is 13.1 Å². The van der Waals surface area contributed by atoms with Crippen LogP contribution in [0.15, 0.2) is 27.4 Å². The van der Waals surface area contributed by atoms with E-state index in [1.807, 2.05) is 11.9 Å². The number of piperazine rings is 1. The Balaban J connectivity index is 1.77. The fourth-order valence-corrected chi connectivity index (χ4v) is 4.85. The molecule has 0 spiro atoms. The molecule has 156 valence electrons. The van der Waals surface area contributed by atoms with Gasteiger partial charge in [0.15, 0.2) is 11.9 Å². The number of amides is 1. The SMILES string of the molecule is Cc1cc2c(C)c(-c3ccc(C(=O)N4CCN(C)CC4)s3)c(=O)oc2c(C=O)c1O. The Bertz CT molecular complexity index is 1220. The van der Waals surface area contributed by atoms with Crippen molar-refractivity contribution in [1.82, 2.24) is 9.80 Å². The average molecular weight is 426 g/mol. The van der Waals surface area contributed by atoms with Gasteiger partial charge in [-0.15, -0.1) is 11.3 Å². The van der Waals surface area contributed by atoms with E-state index in [-0.39, 0.29) is 22.8 Å². The normalized spacial score (nSPS) is 15.0. The summed E-state index contributed by atoms with van der Waals surface area (Å²) < 4.78 is 5.44. The lowest BCUT2D eigenvalue weighted by Gasteiger charge is -2.32. The zero-order valence-corrected chi connectivity index (χ0v) is 17.8. The Labute approximate surface area is 177 Å². The van der Waals surface area contributed by atoms with E-state index in [1.165, 1.54) is 11.3 Å². The molecular weight excluding hydrogens is 404 g/mol. The van der Waals surface area contributed by atoms with Crippen LogP contribution in [-0.4, -0.2) is 60.3 Å². The van der Waals surface area contributed by atoms with Gasteiger partial charge in [-0.25, -0.2) is 4.79 Å².